The predicted octanol–water partition coefficient (Wildman–Crippen LogP) is 2.00. The van der Waals surface area contributed by atoms with Crippen molar-refractivity contribution in [3.05, 3.63) is 47.8 Å². The molecule has 2 heterocycles. The van der Waals surface area contributed by atoms with E-state index in [1.54, 1.807) is 4.68 Å². The molecule has 3 rings (SSSR count). The highest BCUT2D eigenvalue weighted by Gasteiger charge is 2.43. The minimum absolute atomic E-state index is 0.298. The summed E-state index contributed by atoms with van der Waals surface area (Å²) >= 11 is 0. The van der Waals surface area contributed by atoms with Gasteiger partial charge in [0.25, 0.3) is 5.91 Å². The monoisotopic (exact) mass is 395 g/mol. The van der Waals surface area contributed by atoms with Crippen LogP contribution in [0.3, 0.4) is 0 Å². The van der Waals surface area contributed by atoms with Crippen molar-refractivity contribution in [1.82, 2.24) is 25.3 Å². The molecule has 2 aromatic rings. The number of rotatable bonds is 6. The maximum absolute atomic E-state index is 13.5. The molecule has 1 atom stereocenters. The third-order valence-corrected chi connectivity index (χ3v) is 4.88. The van der Waals surface area contributed by atoms with Crippen molar-refractivity contribution in [3.8, 4) is 5.69 Å². The van der Waals surface area contributed by atoms with E-state index in [1.165, 1.54) is 11.1 Å². The van der Waals surface area contributed by atoms with Crippen molar-refractivity contribution in [2.45, 2.75) is 25.6 Å². The third-order valence-electron chi connectivity index (χ3n) is 4.88. The number of hydrogen-bond donors (Lipinski definition) is 2. The Labute approximate surface area is 161 Å². The molecule has 1 aromatic carbocycles. The van der Waals surface area contributed by atoms with Crippen LogP contribution < -0.4 is 10.6 Å². The highest BCUT2D eigenvalue weighted by molar-refractivity contribution is 5.95. The second kappa shape index (κ2) is 8.74. The molecule has 0 saturated carbocycles. The molecule has 1 aliphatic rings. The molecule has 1 aliphatic heterocycles. The standard InChI is InChI=1S/C19H24F3N5O/c1-2-16-15(12-25-27(16)14-6-4-3-5-7-14)18(28)24-13-17(19(20,21)22)26-10-8-23-9-11-26/h3-7,12,17,23H,2,8-11,13H2,1H3,(H,24,28). The molecule has 1 amide bonds. The van der Waals surface area contributed by atoms with E-state index in [2.05, 4.69) is 15.7 Å². The largest absolute Gasteiger partial charge is 0.405 e. The van der Waals surface area contributed by atoms with Gasteiger partial charge in [0, 0.05) is 32.7 Å². The van der Waals surface area contributed by atoms with Gasteiger partial charge < -0.3 is 10.6 Å². The van der Waals surface area contributed by atoms with Crippen molar-refractivity contribution in [3.63, 3.8) is 0 Å². The van der Waals surface area contributed by atoms with E-state index in [9.17, 15) is 18.0 Å². The predicted molar refractivity (Wildman–Crippen MR) is 99.6 cm³/mol. The molecule has 6 nitrogen and oxygen atoms in total. The van der Waals surface area contributed by atoms with Crippen molar-refractivity contribution >= 4 is 5.91 Å². The van der Waals surface area contributed by atoms with Crippen LogP contribution in [-0.4, -0.2) is 65.5 Å². The van der Waals surface area contributed by atoms with E-state index in [0.717, 1.165) is 5.69 Å². The van der Waals surface area contributed by atoms with Crippen molar-refractivity contribution in [2.24, 2.45) is 0 Å². The number of para-hydroxylation sites is 1. The van der Waals surface area contributed by atoms with Gasteiger partial charge in [0.15, 0.2) is 0 Å². The molecular formula is C19H24F3N5O. The van der Waals surface area contributed by atoms with E-state index in [0.29, 0.717) is 43.9 Å². The smallest absolute Gasteiger partial charge is 0.350 e. The van der Waals surface area contributed by atoms with Crippen LogP contribution in [0.4, 0.5) is 13.2 Å². The second-order valence-corrected chi connectivity index (χ2v) is 6.66. The molecule has 2 N–H and O–H groups in total. The van der Waals surface area contributed by atoms with Gasteiger partial charge in [-0.25, -0.2) is 4.68 Å². The minimum Gasteiger partial charge on any atom is -0.350 e. The molecule has 0 aliphatic carbocycles. The molecule has 1 fully saturated rings. The minimum atomic E-state index is -4.41. The van der Waals surface area contributed by atoms with Crippen LogP contribution in [0, 0.1) is 0 Å². The fraction of sp³-hybridized carbons (Fsp3) is 0.474. The maximum atomic E-state index is 13.5. The Bertz CT molecular complexity index is 785. The van der Waals surface area contributed by atoms with Gasteiger partial charge in [-0.05, 0) is 18.6 Å². The summed E-state index contributed by atoms with van der Waals surface area (Å²) in [5.74, 6) is -0.539. The number of carbonyl (C=O) groups excluding carboxylic acids is 1. The van der Waals surface area contributed by atoms with Crippen LogP contribution in [0.2, 0.25) is 0 Å². The summed E-state index contributed by atoms with van der Waals surface area (Å²) in [6.45, 7) is 3.00. The summed E-state index contributed by atoms with van der Waals surface area (Å²) < 4.78 is 42.1. The van der Waals surface area contributed by atoms with Gasteiger partial charge in [-0.1, -0.05) is 25.1 Å². The molecule has 9 heteroatoms. The molecule has 1 aromatic heterocycles. The van der Waals surface area contributed by atoms with Crippen LogP contribution in [-0.2, 0) is 6.42 Å². The van der Waals surface area contributed by atoms with Gasteiger partial charge >= 0.3 is 6.18 Å². The number of benzene rings is 1. The highest BCUT2D eigenvalue weighted by Crippen LogP contribution is 2.25. The number of piperazine rings is 1. The zero-order chi connectivity index (χ0) is 20.1. The first-order chi connectivity index (χ1) is 13.4. The molecule has 0 spiro atoms. The van der Waals surface area contributed by atoms with E-state index < -0.39 is 24.7 Å². The van der Waals surface area contributed by atoms with Crippen LogP contribution in [0.5, 0.6) is 0 Å². The number of nitrogens with one attached hydrogen (secondary N) is 2. The summed E-state index contributed by atoms with van der Waals surface area (Å²) in [7, 11) is 0. The molecule has 0 radical (unpaired) electrons. The average molecular weight is 395 g/mol. The zero-order valence-electron chi connectivity index (χ0n) is 15.7. The van der Waals surface area contributed by atoms with Crippen molar-refractivity contribution in [2.75, 3.05) is 32.7 Å². The fourth-order valence-electron chi connectivity index (χ4n) is 3.43. The maximum Gasteiger partial charge on any atom is 0.405 e. The Morgan fingerprint density at radius 2 is 1.93 bits per heavy atom. The first kappa shape index (κ1) is 20.3. The number of halogens is 3. The summed E-state index contributed by atoms with van der Waals surface area (Å²) in [4.78, 5) is 14.0. The first-order valence-electron chi connectivity index (χ1n) is 9.33. The van der Waals surface area contributed by atoms with Gasteiger partial charge in [-0.15, -0.1) is 0 Å². The Morgan fingerprint density at radius 1 is 1.25 bits per heavy atom. The second-order valence-electron chi connectivity index (χ2n) is 6.66. The van der Waals surface area contributed by atoms with Crippen LogP contribution >= 0.6 is 0 Å². The summed E-state index contributed by atoms with van der Waals surface area (Å²) in [6, 6.07) is 7.61. The van der Waals surface area contributed by atoms with Crippen LogP contribution in [0.15, 0.2) is 36.5 Å². The Morgan fingerprint density at radius 3 is 2.54 bits per heavy atom. The SMILES string of the molecule is CCc1c(C(=O)NCC(N2CCNCC2)C(F)(F)F)cnn1-c1ccccc1. The summed E-state index contributed by atoms with van der Waals surface area (Å²) in [6.07, 6.45) is -2.47. The van der Waals surface area contributed by atoms with E-state index in [1.807, 2.05) is 37.3 Å². The van der Waals surface area contributed by atoms with Gasteiger partial charge in [0.2, 0.25) is 0 Å². The Balaban J connectivity index is 1.74. The lowest BCUT2D eigenvalue weighted by molar-refractivity contribution is -0.183. The normalized spacial score (nSPS) is 16.7. The molecule has 1 saturated heterocycles. The highest BCUT2D eigenvalue weighted by atomic mass is 19.4. The summed E-state index contributed by atoms with van der Waals surface area (Å²) in [5, 5.41) is 9.76. The molecule has 28 heavy (non-hydrogen) atoms. The van der Waals surface area contributed by atoms with Crippen LogP contribution in [0.25, 0.3) is 5.69 Å². The van der Waals surface area contributed by atoms with Crippen molar-refractivity contribution in [1.29, 1.82) is 0 Å². The zero-order valence-corrected chi connectivity index (χ0v) is 15.7. The quantitative estimate of drug-likeness (QED) is 0.786. The summed E-state index contributed by atoms with van der Waals surface area (Å²) in [5.41, 5.74) is 1.76. The molecular weight excluding hydrogens is 371 g/mol. The number of aromatic nitrogens is 2. The van der Waals surface area contributed by atoms with Gasteiger partial charge in [-0.2, -0.15) is 18.3 Å². The molecule has 0 bridgehead atoms. The number of carbonyl (C=O) groups is 1. The number of amides is 1. The lowest BCUT2D eigenvalue weighted by Gasteiger charge is -2.35. The number of hydrogen-bond acceptors (Lipinski definition) is 4. The Hall–Kier alpha value is -2.39. The van der Waals surface area contributed by atoms with E-state index in [4.69, 9.17) is 0 Å². The number of nitrogens with zero attached hydrogens (tertiary/aromatic N) is 3. The molecule has 152 valence electrons. The topological polar surface area (TPSA) is 62.2 Å². The average Bonchev–Trinajstić information content (AvgIpc) is 3.12. The van der Waals surface area contributed by atoms with Gasteiger partial charge in [0.1, 0.15) is 6.04 Å². The Kier molecular flexibility index (Phi) is 6.35. The third kappa shape index (κ3) is 4.53. The lowest BCUT2D eigenvalue weighted by atomic mass is 10.1. The van der Waals surface area contributed by atoms with Gasteiger partial charge in [0.05, 0.1) is 23.1 Å². The van der Waals surface area contributed by atoms with E-state index in [-0.39, 0.29) is 0 Å². The molecule has 1 unspecified atom stereocenters. The van der Waals surface area contributed by atoms with Crippen LogP contribution in [0.1, 0.15) is 23.0 Å². The number of alkyl halides is 3. The van der Waals surface area contributed by atoms with E-state index >= 15 is 0 Å². The first-order valence-corrected chi connectivity index (χ1v) is 9.33. The lowest BCUT2D eigenvalue weighted by Crippen LogP contribution is -2.57. The van der Waals surface area contributed by atoms with Gasteiger partial charge in [-0.3, -0.25) is 9.69 Å². The van der Waals surface area contributed by atoms with Crippen molar-refractivity contribution < 1.29 is 18.0 Å². The fourth-order valence-corrected chi connectivity index (χ4v) is 3.43.